The number of hydrogen-bond donors (Lipinski definition) is 0. The van der Waals surface area contributed by atoms with E-state index in [4.69, 9.17) is 4.74 Å². The molecule has 0 saturated carbocycles. The highest BCUT2D eigenvalue weighted by atomic mass is 32.2. The number of rotatable bonds is 8. The highest BCUT2D eigenvalue weighted by Crippen LogP contribution is 2.23. The Hall–Kier alpha value is -1.46. The Morgan fingerprint density at radius 1 is 1.20 bits per heavy atom. The molecule has 5 heteroatoms. The molecule has 0 radical (unpaired) electrons. The van der Waals surface area contributed by atoms with Crippen molar-refractivity contribution in [3.8, 4) is 0 Å². The van der Waals surface area contributed by atoms with E-state index in [1.54, 1.807) is 13.0 Å². The highest BCUT2D eigenvalue weighted by Gasteiger charge is 2.26. The topological polar surface area (TPSA) is 60.4 Å². The molecular weight excluding hydrogens is 336 g/mol. The van der Waals surface area contributed by atoms with Crippen LogP contribution in [0.25, 0.3) is 0 Å². The summed E-state index contributed by atoms with van der Waals surface area (Å²) < 4.78 is 29.4. The second kappa shape index (κ2) is 8.77. The third-order valence-electron chi connectivity index (χ3n) is 4.18. The van der Waals surface area contributed by atoms with Gasteiger partial charge in [0.05, 0.1) is 18.0 Å². The van der Waals surface area contributed by atoms with E-state index in [1.165, 1.54) is 6.26 Å². The maximum absolute atomic E-state index is 12.4. The van der Waals surface area contributed by atoms with E-state index in [0.29, 0.717) is 6.61 Å². The number of carbonyl (C=O) groups is 1. The molecule has 0 aliphatic rings. The van der Waals surface area contributed by atoms with Crippen molar-refractivity contribution in [2.75, 3.05) is 6.26 Å². The van der Waals surface area contributed by atoms with Crippen LogP contribution in [0.4, 0.5) is 0 Å². The Balaban J connectivity index is 2.97. The lowest BCUT2D eigenvalue weighted by Crippen LogP contribution is -2.28. The van der Waals surface area contributed by atoms with Gasteiger partial charge in [0.25, 0.3) is 0 Å². The van der Waals surface area contributed by atoms with E-state index < -0.39 is 26.6 Å². The lowest BCUT2D eigenvalue weighted by atomic mass is 9.86. The van der Waals surface area contributed by atoms with E-state index in [-0.39, 0.29) is 12.2 Å². The predicted molar refractivity (Wildman–Crippen MR) is 102 cm³/mol. The zero-order chi connectivity index (χ0) is 19.3. The zero-order valence-corrected chi connectivity index (χ0v) is 16.9. The van der Waals surface area contributed by atoms with Gasteiger partial charge < -0.3 is 4.74 Å². The van der Waals surface area contributed by atoms with Crippen LogP contribution >= 0.6 is 0 Å². The molecular formula is C20H30O4S. The first kappa shape index (κ1) is 21.6. The van der Waals surface area contributed by atoms with Crippen LogP contribution in [0.1, 0.15) is 46.6 Å². The van der Waals surface area contributed by atoms with Crippen molar-refractivity contribution in [2.45, 2.75) is 59.0 Å². The van der Waals surface area contributed by atoms with Crippen LogP contribution in [0.2, 0.25) is 0 Å². The van der Waals surface area contributed by atoms with Crippen LogP contribution in [0.5, 0.6) is 0 Å². The smallest absolute Gasteiger partial charge is 0.153 e. The Kier molecular flexibility index (Phi) is 7.57. The molecule has 0 spiro atoms. The maximum Gasteiger partial charge on any atom is 0.153 e. The van der Waals surface area contributed by atoms with E-state index >= 15 is 0 Å². The lowest BCUT2D eigenvalue weighted by molar-refractivity contribution is -0.128. The van der Waals surface area contributed by atoms with Crippen molar-refractivity contribution in [2.24, 2.45) is 5.41 Å². The minimum absolute atomic E-state index is 0.0883. The van der Waals surface area contributed by atoms with Crippen molar-refractivity contribution in [3.05, 3.63) is 47.5 Å². The van der Waals surface area contributed by atoms with Crippen LogP contribution in [0.15, 0.2) is 42.0 Å². The van der Waals surface area contributed by atoms with E-state index in [2.05, 4.69) is 0 Å². The Morgan fingerprint density at radius 2 is 1.76 bits per heavy atom. The summed E-state index contributed by atoms with van der Waals surface area (Å²) in [6, 6.07) is 9.72. The molecule has 0 fully saturated rings. The molecule has 4 nitrogen and oxygen atoms in total. The second-order valence-electron chi connectivity index (χ2n) is 7.61. The number of carbonyl (C=O) groups excluding carboxylic acids is 1. The molecule has 0 N–H and O–H groups in total. The molecule has 0 saturated heterocycles. The Labute approximate surface area is 152 Å². The fourth-order valence-electron chi connectivity index (χ4n) is 2.20. The molecule has 140 valence electrons. The first-order valence-corrected chi connectivity index (χ1v) is 10.4. The molecule has 0 unspecified atom stereocenters. The van der Waals surface area contributed by atoms with Gasteiger partial charge in [-0.1, -0.05) is 57.2 Å². The van der Waals surface area contributed by atoms with Gasteiger partial charge in [-0.2, -0.15) is 0 Å². The number of ketones is 1. The maximum atomic E-state index is 12.4. The molecule has 25 heavy (non-hydrogen) atoms. The largest absolute Gasteiger partial charge is 0.369 e. The summed E-state index contributed by atoms with van der Waals surface area (Å²) in [6.45, 7) is 9.47. The van der Waals surface area contributed by atoms with Gasteiger partial charge in [-0.25, -0.2) is 8.42 Å². The lowest BCUT2D eigenvalue weighted by Gasteiger charge is -2.24. The average molecular weight is 367 g/mol. The second-order valence-corrected chi connectivity index (χ2v) is 10.0. The standard InChI is InChI=1S/C20H30O4S/c1-15(12-16(2)25(6,22)23)18(13-19(21)20(3,4)5)24-14-17-10-8-7-9-11-17/h7-12,16,18H,13-14H2,1-6H3/b15-12-/t16-,18+/m1/s1. The van der Waals surface area contributed by atoms with Crippen LogP contribution in [-0.2, 0) is 26.0 Å². The van der Waals surface area contributed by atoms with Gasteiger partial charge in [0, 0.05) is 18.1 Å². The summed E-state index contributed by atoms with van der Waals surface area (Å²) in [4.78, 5) is 12.4. The molecule has 0 heterocycles. The molecule has 0 aromatic heterocycles. The SMILES string of the molecule is C/C(=C/[C@@H](C)S(C)(=O)=O)[C@H](CC(=O)C(C)(C)C)OCc1ccccc1. The van der Waals surface area contributed by atoms with Crippen molar-refractivity contribution in [1.29, 1.82) is 0 Å². The highest BCUT2D eigenvalue weighted by molar-refractivity contribution is 7.91. The van der Waals surface area contributed by atoms with E-state index in [0.717, 1.165) is 11.1 Å². The normalized spacial score (nSPS) is 15.7. The van der Waals surface area contributed by atoms with E-state index in [9.17, 15) is 13.2 Å². The molecule has 1 aromatic rings. The number of ether oxygens (including phenoxy) is 1. The van der Waals surface area contributed by atoms with Gasteiger partial charge in [-0.15, -0.1) is 0 Å². The number of Topliss-reactive ketones (excluding diaryl/α,β-unsaturated/α-hetero) is 1. The quantitative estimate of drug-likeness (QED) is 0.654. The number of sulfone groups is 1. The molecule has 0 aliphatic carbocycles. The minimum atomic E-state index is -3.17. The first-order chi connectivity index (χ1) is 11.4. The Morgan fingerprint density at radius 3 is 2.24 bits per heavy atom. The number of hydrogen-bond acceptors (Lipinski definition) is 4. The van der Waals surface area contributed by atoms with Crippen molar-refractivity contribution < 1.29 is 17.9 Å². The summed E-state index contributed by atoms with van der Waals surface area (Å²) >= 11 is 0. The summed E-state index contributed by atoms with van der Waals surface area (Å²) in [6.07, 6.45) is 2.69. The summed E-state index contributed by atoms with van der Waals surface area (Å²) in [5.41, 5.74) is 1.32. The van der Waals surface area contributed by atoms with Crippen molar-refractivity contribution in [1.82, 2.24) is 0 Å². The van der Waals surface area contributed by atoms with Gasteiger partial charge in [0.2, 0.25) is 0 Å². The summed E-state index contributed by atoms with van der Waals surface area (Å²) in [5, 5.41) is -0.611. The van der Waals surface area contributed by atoms with Crippen LogP contribution in [-0.4, -0.2) is 31.8 Å². The summed E-state index contributed by atoms with van der Waals surface area (Å²) in [5.74, 6) is 0.0883. The fraction of sp³-hybridized carbons (Fsp3) is 0.550. The molecule has 0 bridgehead atoms. The van der Waals surface area contributed by atoms with Crippen molar-refractivity contribution >= 4 is 15.6 Å². The fourth-order valence-corrected chi connectivity index (χ4v) is 2.66. The minimum Gasteiger partial charge on any atom is -0.369 e. The third-order valence-corrected chi connectivity index (χ3v) is 5.67. The van der Waals surface area contributed by atoms with Gasteiger partial charge in [-0.3, -0.25) is 4.79 Å². The zero-order valence-electron chi connectivity index (χ0n) is 16.1. The Bertz CT molecular complexity index is 697. The van der Waals surface area contributed by atoms with Gasteiger partial charge in [0.15, 0.2) is 9.84 Å². The molecule has 1 rings (SSSR count). The van der Waals surface area contributed by atoms with Gasteiger partial charge in [-0.05, 0) is 25.0 Å². The molecule has 2 atom stereocenters. The van der Waals surface area contributed by atoms with Gasteiger partial charge >= 0.3 is 0 Å². The van der Waals surface area contributed by atoms with Crippen LogP contribution < -0.4 is 0 Å². The summed E-state index contributed by atoms with van der Waals surface area (Å²) in [7, 11) is -3.17. The first-order valence-electron chi connectivity index (χ1n) is 8.47. The third kappa shape index (κ3) is 7.53. The average Bonchev–Trinajstić information content (AvgIpc) is 2.50. The molecule has 1 aromatic carbocycles. The van der Waals surface area contributed by atoms with Crippen molar-refractivity contribution in [3.63, 3.8) is 0 Å². The number of benzene rings is 1. The van der Waals surface area contributed by atoms with Crippen LogP contribution in [0, 0.1) is 5.41 Å². The van der Waals surface area contributed by atoms with Gasteiger partial charge in [0.1, 0.15) is 5.78 Å². The monoisotopic (exact) mass is 366 g/mol. The molecule has 0 aliphatic heterocycles. The molecule has 0 amide bonds. The predicted octanol–water partition coefficient (Wildman–Crippen LogP) is 3.96. The van der Waals surface area contributed by atoms with Crippen LogP contribution in [0.3, 0.4) is 0 Å². The van der Waals surface area contributed by atoms with E-state index in [1.807, 2.05) is 58.0 Å².